The Morgan fingerprint density at radius 2 is 0.898 bits per heavy atom. The van der Waals surface area contributed by atoms with Crippen molar-refractivity contribution in [2.24, 2.45) is 0 Å². The average molecular weight is 622 g/mol. The first kappa shape index (κ1) is 26.5. The molecule has 3 nitrogen and oxygen atoms in total. The highest BCUT2D eigenvalue weighted by Crippen LogP contribution is 2.39. The van der Waals surface area contributed by atoms with Crippen LogP contribution in [-0.2, 0) is 0 Å². The lowest BCUT2D eigenvalue weighted by molar-refractivity contribution is 1.31. The summed E-state index contributed by atoms with van der Waals surface area (Å²) in [6, 6.07) is 59.2. The molecule has 0 fully saturated rings. The molecule has 11 aromatic rings. The van der Waals surface area contributed by atoms with Gasteiger partial charge in [-0.2, -0.15) is 0 Å². The van der Waals surface area contributed by atoms with Crippen molar-refractivity contribution in [2.45, 2.75) is 0 Å². The number of rotatable bonds is 2. The first-order valence-electron chi connectivity index (χ1n) is 16.7. The van der Waals surface area contributed by atoms with Crippen LogP contribution in [0.3, 0.4) is 0 Å². The quantitative estimate of drug-likeness (QED) is 0.142. The fourth-order valence-corrected chi connectivity index (χ4v) is 8.00. The Kier molecular flexibility index (Phi) is 5.38. The van der Waals surface area contributed by atoms with Gasteiger partial charge in [0, 0.05) is 16.2 Å². The van der Waals surface area contributed by atoms with E-state index in [1.165, 1.54) is 49.0 Å². The number of para-hydroxylation sites is 3. The second kappa shape index (κ2) is 9.96. The summed E-state index contributed by atoms with van der Waals surface area (Å²) < 4.78 is 2.32. The van der Waals surface area contributed by atoms with Gasteiger partial charge >= 0.3 is 0 Å². The van der Waals surface area contributed by atoms with E-state index in [-0.39, 0.29) is 0 Å². The van der Waals surface area contributed by atoms with E-state index in [1.807, 2.05) is 0 Å². The zero-order chi connectivity index (χ0) is 32.1. The highest BCUT2D eigenvalue weighted by molar-refractivity contribution is 6.25. The van der Waals surface area contributed by atoms with Gasteiger partial charge in [0.15, 0.2) is 0 Å². The van der Waals surface area contributed by atoms with Crippen molar-refractivity contribution in [3.63, 3.8) is 0 Å². The maximum absolute atomic E-state index is 5.19. The SMILES string of the molecule is c1cc(-c2ccc3c4ccccc4c4ccccc4c3c2)cc(-c2ccc3c4nc5ccccc5cc4c4nc5ccccc5n4c3c2)c1. The number of benzene rings is 8. The lowest BCUT2D eigenvalue weighted by Gasteiger charge is -2.13. The fourth-order valence-electron chi connectivity index (χ4n) is 8.00. The number of imidazole rings is 1. The predicted molar refractivity (Wildman–Crippen MR) is 206 cm³/mol. The minimum Gasteiger partial charge on any atom is -0.292 e. The fraction of sp³-hybridized carbons (Fsp3) is 0. The van der Waals surface area contributed by atoms with Crippen LogP contribution in [0.4, 0.5) is 0 Å². The van der Waals surface area contributed by atoms with Crippen molar-refractivity contribution in [2.75, 3.05) is 0 Å². The number of hydrogen-bond donors (Lipinski definition) is 0. The number of fused-ring (bicyclic) bond motifs is 15. The molecule has 49 heavy (non-hydrogen) atoms. The smallest absolute Gasteiger partial charge is 0.147 e. The van der Waals surface area contributed by atoms with E-state index in [1.54, 1.807) is 0 Å². The molecule has 3 heteroatoms. The van der Waals surface area contributed by atoms with E-state index in [0.29, 0.717) is 0 Å². The topological polar surface area (TPSA) is 30.2 Å². The highest BCUT2D eigenvalue weighted by Gasteiger charge is 2.17. The third kappa shape index (κ3) is 3.84. The molecule has 0 aliphatic rings. The monoisotopic (exact) mass is 621 g/mol. The summed E-state index contributed by atoms with van der Waals surface area (Å²) in [7, 11) is 0. The number of aromatic nitrogens is 3. The maximum atomic E-state index is 5.19. The van der Waals surface area contributed by atoms with Crippen LogP contribution in [0.1, 0.15) is 0 Å². The zero-order valence-electron chi connectivity index (χ0n) is 26.4. The molecule has 0 bridgehead atoms. The van der Waals surface area contributed by atoms with Crippen molar-refractivity contribution in [1.82, 2.24) is 14.4 Å². The Hall–Kier alpha value is -6.58. The molecule has 0 aliphatic heterocycles. The molecule has 11 rings (SSSR count). The first-order valence-corrected chi connectivity index (χ1v) is 16.7. The van der Waals surface area contributed by atoms with Gasteiger partial charge in [0.2, 0.25) is 0 Å². The summed E-state index contributed by atoms with van der Waals surface area (Å²) >= 11 is 0. The van der Waals surface area contributed by atoms with Crippen molar-refractivity contribution in [1.29, 1.82) is 0 Å². The molecule has 0 N–H and O–H groups in total. The molecular formula is C46H27N3. The number of nitrogens with zero attached hydrogens (tertiary/aromatic N) is 3. The molecule has 0 spiro atoms. The first-order chi connectivity index (χ1) is 24.3. The van der Waals surface area contributed by atoms with Crippen LogP contribution in [0, 0.1) is 0 Å². The van der Waals surface area contributed by atoms with E-state index < -0.39 is 0 Å². The van der Waals surface area contributed by atoms with Crippen LogP contribution < -0.4 is 0 Å². The molecule has 0 saturated heterocycles. The summed E-state index contributed by atoms with van der Waals surface area (Å²) in [5.41, 5.74) is 10.8. The molecule has 0 unspecified atom stereocenters. The van der Waals surface area contributed by atoms with E-state index in [9.17, 15) is 0 Å². The summed E-state index contributed by atoms with van der Waals surface area (Å²) in [6.45, 7) is 0. The lowest BCUT2D eigenvalue weighted by Crippen LogP contribution is -1.94. The lowest BCUT2D eigenvalue weighted by atomic mass is 9.91. The van der Waals surface area contributed by atoms with E-state index in [0.717, 1.165) is 55.0 Å². The van der Waals surface area contributed by atoms with Gasteiger partial charge in [-0.05, 0) is 97.0 Å². The van der Waals surface area contributed by atoms with Crippen LogP contribution in [0.2, 0.25) is 0 Å². The summed E-state index contributed by atoms with van der Waals surface area (Å²) in [6.07, 6.45) is 0. The molecule has 226 valence electrons. The van der Waals surface area contributed by atoms with Crippen molar-refractivity contribution < 1.29 is 0 Å². The van der Waals surface area contributed by atoms with Crippen LogP contribution in [0.5, 0.6) is 0 Å². The van der Waals surface area contributed by atoms with Crippen LogP contribution in [0.15, 0.2) is 164 Å². The Bertz CT molecular complexity index is 3130. The Balaban J connectivity index is 1.13. The van der Waals surface area contributed by atoms with Gasteiger partial charge in [-0.15, -0.1) is 0 Å². The van der Waals surface area contributed by atoms with Crippen molar-refractivity contribution in [3.8, 4) is 22.3 Å². The number of hydrogen-bond acceptors (Lipinski definition) is 2. The largest absolute Gasteiger partial charge is 0.292 e. The second-order valence-corrected chi connectivity index (χ2v) is 13.0. The molecule has 0 atom stereocenters. The third-order valence-electron chi connectivity index (χ3n) is 10.3. The van der Waals surface area contributed by atoms with Gasteiger partial charge in [-0.25, -0.2) is 9.97 Å². The van der Waals surface area contributed by atoms with Crippen molar-refractivity contribution in [3.05, 3.63) is 164 Å². The molecule has 0 radical (unpaired) electrons. The second-order valence-electron chi connectivity index (χ2n) is 13.0. The molecule has 0 aliphatic carbocycles. The summed E-state index contributed by atoms with van der Waals surface area (Å²) in [5.74, 6) is 0. The molecule has 3 aromatic heterocycles. The van der Waals surface area contributed by atoms with E-state index >= 15 is 0 Å². The minimum absolute atomic E-state index is 0.934. The zero-order valence-corrected chi connectivity index (χ0v) is 26.4. The normalized spacial score (nSPS) is 12.1. The van der Waals surface area contributed by atoms with Gasteiger partial charge in [-0.3, -0.25) is 4.40 Å². The molecule has 3 heterocycles. The van der Waals surface area contributed by atoms with Crippen LogP contribution in [-0.4, -0.2) is 14.4 Å². The third-order valence-corrected chi connectivity index (χ3v) is 10.3. The minimum atomic E-state index is 0.934. The predicted octanol–water partition coefficient (Wildman–Crippen LogP) is 12.1. The Labute approximate surface area is 281 Å². The van der Waals surface area contributed by atoms with E-state index in [2.05, 4.69) is 168 Å². The molecular weight excluding hydrogens is 595 g/mol. The van der Waals surface area contributed by atoms with Crippen molar-refractivity contribution >= 4 is 81.7 Å². The summed E-state index contributed by atoms with van der Waals surface area (Å²) in [5, 5.41) is 11.0. The van der Waals surface area contributed by atoms with Gasteiger partial charge in [0.05, 0.1) is 27.6 Å². The summed E-state index contributed by atoms with van der Waals surface area (Å²) in [4.78, 5) is 10.3. The van der Waals surface area contributed by atoms with Crippen LogP contribution >= 0.6 is 0 Å². The molecule has 0 saturated carbocycles. The Morgan fingerprint density at radius 3 is 1.65 bits per heavy atom. The highest BCUT2D eigenvalue weighted by atomic mass is 15.0. The Morgan fingerprint density at radius 1 is 0.327 bits per heavy atom. The molecule has 0 amide bonds. The van der Waals surface area contributed by atoms with Gasteiger partial charge < -0.3 is 0 Å². The molecule has 8 aromatic carbocycles. The van der Waals surface area contributed by atoms with Gasteiger partial charge in [0.25, 0.3) is 0 Å². The maximum Gasteiger partial charge on any atom is 0.147 e. The standard InChI is InChI=1S/C46H27N3/c1-6-17-41-32(10-1)26-40-45(47-41)38-23-21-31(27-44(38)49-43-19-8-7-18-42(43)48-46(40)49)29-12-9-11-28(24-29)30-20-22-37-35-15-3-2-13-33(35)34-14-4-5-16-36(34)39(37)25-30/h1-27H. The van der Waals surface area contributed by atoms with Gasteiger partial charge in [0.1, 0.15) is 5.65 Å². The average Bonchev–Trinajstić information content (AvgIpc) is 3.57. The van der Waals surface area contributed by atoms with Gasteiger partial charge in [-0.1, -0.05) is 121 Å². The van der Waals surface area contributed by atoms with E-state index in [4.69, 9.17) is 9.97 Å². The van der Waals surface area contributed by atoms with Crippen LogP contribution in [0.25, 0.3) is 104 Å². The number of pyridine rings is 2.